The summed E-state index contributed by atoms with van der Waals surface area (Å²) in [5.41, 5.74) is 7.14. The van der Waals surface area contributed by atoms with E-state index in [1.807, 2.05) is 60.7 Å². The zero-order valence-corrected chi connectivity index (χ0v) is 15.7. The molecule has 2 aromatic carbocycles. The fourth-order valence-corrected chi connectivity index (χ4v) is 3.41. The second-order valence-corrected chi connectivity index (χ2v) is 6.71. The largest absolute Gasteiger partial charge is 0.491 e. The van der Waals surface area contributed by atoms with E-state index in [1.54, 1.807) is 0 Å². The Morgan fingerprint density at radius 2 is 1.73 bits per heavy atom. The number of halogens is 1. The average Bonchev–Trinajstić information content (AvgIpc) is 3.05. The van der Waals surface area contributed by atoms with Crippen molar-refractivity contribution in [3.63, 3.8) is 0 Å². The molecule has 0 heterocycles. The summed E-state index contributed by atoms with van der Waals surface area (Å²) in [5.74, 6) is 1.15. The summed E-state index contributed by atoms with van der Waals surface area (Å²) in [6, 6.07) is 19.6. The van der Waals surface area contributed by atoms with Gasteiger partial charge in [-0.3, -0.25) is 4.79 Å². The molecule has 1 aliphatic carbocycles. The Morgan fingerprint density at radius 3 is 2.35 bits per heavy atom. The number of carbonyl (C=O) groups excluding carboxylic acids is 1. The van der Waals surface area contributed by atoms with Gasteiger partial charge in [0, 0.05) is 12.5 Å². The molecule has 3 rings (SSSR count). The van der Waals surface area contributed by atoms with E-state index in [-0.39, 0.29) is 30.4 Å². The second-order valence-electron chi connectivity index (χ2n) is 6.71. The number of benzene rings is 2. The van der Waals surface area contributed by atoms with Crippen molar-refractivity contribution in [1.82, 2.24) is 5.32 Å². The Labute approximate surface area is 161 Å². The van der Waals surface area contributed by atoms with Gasteiger partial charge in [-0.15, -0.1) is 12.4 Å². The molecule has 0 saturated heterocycles. The number of para-hydroxylation sites is 1. The number of hydrogen-bond donors (Lipinski definition) is 2. The van der Waals surface area contributed by atoms with E-state index in [0.29, 0.717) is 18.9 Å². The molecule has 1 fully saturated rings. The molecule has 0 bridgehead atoms. The van der Waals surface area contributed by atoms with Crippen LogP contribution in [0.15, 0.2) is 60.7 Å². The zero-order valence-electron chi connectivity index (χ0n) is 14.8. The van der Waals surface area contributed by atoms with Crippen molar-refractivity contribution in [2.45, 2.75) is 37.8 Å². The van der Waals surface area contributed by atoms with Gasteiger partial charge in [-0.05, 0) is 36.5 Å². The third-order valence-electron chi connectivity index (χ3n) is 4.86. The molecule has 0 spiro atoms. The highest BCUT2D eigenvalue weighted by atomic mass is 35.5. The molecular formula is C21H27ClN2O2. The number of ether oxygens (including phenoxy) is 1. The predicted octanol–water partition coefficient (Wildman–Crippen LogP) is 3.86. The fraction of sp³-hybridized carbons (Fsp3) is 0.381. The Bertz CT molecular complexity index is 666. The highest BCUT2D eigenvalue weighted by Crippen LogP contribution is 2.27. The van der Waals surface area contributed by atoms with Gasteiger partial charge >= 0.3 is 0 Å². The van der Waals surface area contributed by atoms with Crippen LogP contribution in [0.2, 0.25) is 0 Å². The smallest absolute Gasteiger partial charge is 0.220 e. The predicted molar refractivity (Wildman–Crippen MR) is 106 cm³/mol. The Kier molecular flexibility index (Phi) is 7.95. The molecule has 1 amide bonds. The van der Waals surface area contributed by atoms with Gasteiger partial charge in [0.2, 0.25) is 5.91 Å². The first kappa shape index (κ1) is 20.3. The van der Waals surface area contributed by atoms with Gasteiger partial charge < -0.3 is 15.8 Å². The van der Waals surface area contributed by atoms with E-state index < -0.39 is 0 Å². The maximum Gasteiger partial charge on any atom is 0.220 e. The molecule has 5 heteroatoms. The van der Waals surface area contributed by atoms with Crippen LogP contribution < -0.4 is 15.8 Å². The Balaban J connectivity index is 0.00000243. The maximum absolute atomic E-state index is 12.5. The summed E-state index contributed by atoms with van der Waals surface area (Å²) in [6.07, 6.45) is 3.69. The van der Waals surface area contributed by atoms with Crippen molar-refractivity contribution in [3.8, 4) is 5.75 Å². The molecule has 3 N–H and O–H groups in total. The van der Waals surface area contributed by atoms with Crippen LogP contribution in [0.3, 0.4) is 0 Å². The summed E-state index contributed by atoms with van der Waals surface area (Å²) in [5, 5.41) is 3.13. The van der Waals surface area contributed by atoms with Crippen molar-refractivity contribution in [2.24, 2.45) is 11.7 Å². The number of carbonyl (C=O) groups is 1. The van der Waals surface area contributed by atoms with Crippen LogP contribution in [0.1, 0.15) is 37.3 Å². The van der Waals surface area contributed by atoms with Crippen molar-refractivity contribution in [2.75, 3.05) is 6.61 Å². The van der Waals surface area contributed by atoms with Crippen LogP contribution in [0.25, 0.3) is 0 Å². The summed E-state index contributed by atoms with van der Waals surface area (Å²) < 4.78 is 5.88. The topological polar surface area (TPSA) is 64.4 Å². The Morgan fingerprint density at radius 1 is 1.08 bits per heavy atom. The third-order valence-corrected chi connectivity index (χ3v) is 4.86. The minimum atomic E-state index is -0.175. The molecule has 1 saturated carbocycles. The van der Waals surface area contributed by atoms with Crippen molar-refractivity contribution >= 4 is 18.3 Å². The van der Waals surface area contributed by atoms with Crippen LogP contribution >= 0.6 is 12.4 Å². The molecule has 140 valence electrons. The van der Waals surface area contributed by atoms with Crippen molar-refractivity contribution in [3.05, 3.63) is 66.2 Å². The van der Waals surface area contributed by atoms with Gasteiger partial charge in [0.1, 0.15) is 12.4 Å². The van der Waals surface area contributed by atoms with Crippen molar-refractivity contribution in [1.29, 1.82) is 0 Å². The first-order valence-electron chi connectivity index (χ1n) is 9.00. The summed E-state index contributed by atoms with van der Waals surface area (Å²) in [4.78, 5) is 12.5. The van der Waals surface area contributed by atoms with Gasteiger partial charge in [0.15, 0.2) is 0 Å². The molecule has 0 aromatic heterocycles. The van der Waals surface area contributed by atoms with Crippen LogP contribution in [0, 0.1) is 5.92 Å². The lowest BCUT2D eigenvalue weighted by Gasteiger charge is -2.22. The van der Waals surface area contributed by atoms with Crippen LogP contribution in [0.4, 0.5) is 0 Å². The van der Waals surface area contributed by atoms with E-state index >= 15 is 0 Å². The number of amides is 1. The molecule has 0 aliphatic heterocycles. The van der Waals surface area contributed by atoms with E-state index in [9.17, 15) is 4.79 Å². The number of nitrogens with one attached hydrogen (secondary N) is 1. The standard InChI is InChI=1S/C21H26N2O2.ClH/c22-19-13-7-10-17(19)14-21(24)23-20(16-8-3-1-4-9-16)15-25-18-11-5-2-6-12-18;/h1-6,8-9,11-12,17,19-20H,7,10,13-15,22H2,(H,23,24);1H/t17-,19+,20?;/m0./s1. The van der Waals surface area contributed by atoms with Gasteiger partial charge in [0.25, 0.3) is 0 Å². The maximum atomic E-state index is 12.5. The van der Waals surface area contributed by atoms with E-state index in [2.05, 4.69) is 5.32 Å². The third kappa shape index (κ3) is 5.75. The van der Waals surface area contributed by atoms with Gasteiger partial charge in [-0.25, -0.2) is 0 Å². The molecule has 0 radical (unpaired) electrons. The first-order valence-corrected chi connectivity index (χ1v) is 9.00. The molecule has 1 aliphatic rings. The SMILES string of the molecule is Cl.N[C@@H]1CCC[C@H]1CC(=O)NC(COc1ccccc1)c1ccccc1. The van der Waals surface area contributed by atoms with Gasteiger partial charge in [-0.2, -0.15) is 0 Å². The molecule has 4 nitrogen and oxygen atoms in total. The van der Waals surface area contributed by atoms with Crippen LogP contribution in [0.5, 0.6) is 5.75 Å². The lowest BCUT2D eigenvalue weighted by atomic mass is 9.99. The highest BCUT2D eigenvalue weighted by molar-refractivity contribution is 5.85. The quantitative estimate of drug-likeness (QED) is 0.773. The van der Waals surface area contributed by atoms with Crippen molar-refractivity contribution < 1.29 is 9.53 Å². The average molecular weight is 375 g/mol. The molecule has 3 atom stereocenters. The van der Waals surface area contributed by atoms with Gasteiger partial charge in [-0.1, -0.05) is 55.0 Å². The highest BCUT2D eigenvalue weighted by Gasteiger charge is 2.27. The number of rotatable bonds is 7. The van der Waals surface area contributed by atoms with E-state index in [4.69, 9.17) is 10.5 Å². The monoisotopic (exact) mass is 374 g/mol. The lowest BCUT2D eigenvalue weighted by molar-refractivity contribution is -0.123. The molecule has 26 heavy (non-hydrogen) atoms. The Hall–Kier alpha value is -2.04. The van der Waals surface area contributed by atoms with Crippen LogP contribution in [-0.2, 0) is 4.79 Å². The second kappa shape index (κ2) is 10.2. The first-order chi connectivity index (χ1) is 12.2. The fourth-order valence-electron chi connectivity index (χ4n) is 3.41. The number of nitrogens with two attached hydrogens (primary N) is 1. The van der Waals surface area contributed by atoms with Gasteiger partial charge in [0.05, 0.1) is 6.04 Å². The number of hydrogen-bond acceptors (Lipinski definition) is 3. The lowest BCUT2D eigenvalue weighted by Crippen LogP contribution is -2.35. The van der Waals surface area contributed by atoms with Crippen LogP contribution in [-0.4, -0.2) is 18.6 Å². The molecular weight excluding hydrogens is 348 g/mol. The normalized spacial score (nSPS) is 20.0. The molecule has 2 aromatic rings. The summed E-state index contributed by atoms with van der Waals surface area (Å²) >= 11 is 0. The van der Waals surface area contributed by atoms with E-state index in [1.165, 1.54) is 0 Å². The summed E-state index contributed by atoms with van der Waals surface area (Å²) in [7, 11) is 0. The summed E-state index contributed by atoms with van der Waals surface area (Å²) in [6.45, 7) is 0.399. The minimum Gasteiger partial charge on any atom is -0.491 e. The zero-order chi connectivity index (χ0) is 17.5. The van der Waals surface area contributed by atoms with E-state index in [0.717, 1.165) is 30.6 Å². The molecule has 1 unspecified atom stereocenters. The minimum absolute atomic E-state index is 0.